The predicted octanol–water partition coefficient (Wildman–Crippen LogP) is 1.37. The second kappa shape index (κ2) is 9.46. The molecule has 1 aliphatic carbocycles. The van der Waals surface area contributed by atoms with Crippen LogP contribution in [0, 0.1) is 11.3 Å². The van der Waals surface area contributed by atoms with Gasteiger partial charge in [0.05, 0.1) is 16.4 Å². The summed E-state index contributed by atoms with van der Waals surface area (Å²) in [5.41, 5.74) is 0.662. The van der Waals surface area contributed by atoms with Crippen LogP contribution in [0.4, 0.5) is 0 Å². The van der Waals surface area contributed by atoms with Crippen molar-refractivity contribution < 1.29 is 22.5 Å². The molecule has 1 fully saturated rings. The standard InChI is InChI=1S/C26H26N6O6S/c1-25(2,24-29-16-30-38-24)39(36,37)26(9-10-26)15-31-11-12-32-20(23(31)35)8-7-19(22(32)34)21(33)28-14-18-5-3-17(13-27)4-6-18/h3-8,16H,9-12,14-15H2,1-2H3,(H,28,33). The molecule has 5 rings (SSSR count). The largest absolute Gasteiger partial charge is 0.348 e. The molecule has 1 aliphatic heterocycles. The van der Waals surface area contributed by atoms with Crippen molar-refractivity contribution in [2.75, 3.05) is 13.1 Å². The number of rotatable bonds is 8. The molecule has 13 heteroatoms. The van der Waals surface area contributed by atoms with Gasteiger partial charge in [0.15, 0.2) is 16.2 Å². The fourth-order valence-corrected chi connectivity index (χ4v) is 7.23. The van der Waals surface area contributed by atoms with Gasteiger partial charge in [-0.05, 0) is 56.5 Å². The van der Waals surface area contributed by atoms with Crippen molar-refractivity contribution in [3.05, 3.63) is 81.4 Å². The summed E-state index contributed by atoms with van der Waals surface area (Å²) in [6.07, 6.45) is 1.93. The number of nitriles is 1. The minimum absolute atomic E-state index is 0.0133. The Hall–Kier alpha value is -4.31. The number of aromatic nitrogens is 3. The van der Waals surface area contributed by atoms with Gasteiger partial charge in [0.2, 0.25) is 5.89 Å². The molecule has 0 spiro atoms. The number of hydrogen-bond acceptors (Lipinski definition) is 9. The van der Waals surface area contributed by atoms with E-state index in [1.54, 1.807) is 24.3 Å². The number of benzene rings is 1. The lowest BCUT2D eigenvalue weighted by atomic mass is 10.1. The highest BCUT2D eigenvalue weighted by atomic mass is 32.2. The Morgan fingerprint density at radius 2 is 1.87 bits per heavy atom. The Kier molecular flexibility index (Phi) is 6.38. The Bertz CT molecular complexity index is 1650. The Morgan fingerprint density at radius 1 is 1.15 bits per heavy atom. The van der Waals surface area contributed by atoms with Crippen LogP contribution in [-0.2, 0) is 27.7 Å². The molecule has 3 heterocycles. The third-order valence-corrected chi connectivity index (χ3v) is 10.7. The van der Waals surface area contributed by atoms with Crippen molar-refractivity contribution in [3.8, 4) is 6.07 Å². The van der Waals surface area contributed by atoms with Crippen LogP contribution < -0.4 is 10.9 Å². The lowest BCUT2D eigenvalue weighted by Crippen LogP contribution is -2.52. The zero-order valence-electron chi connectivity index (χ0n) is 21.4. The lowest BCUT2D eigenvalue weighted by Gasteiger charge is -2.35. The van der Waals surface area contributed by atoms with E-state index in [9.17, 15) is 22.8 Å². The molecule has 1 saturated carbocycles. The maximum absolute atomic E-state index is 13.7. The van der Waals surface area contributed by atoms with Crippen molar-refractivity contribution >= 4 is 21.7 Å². The van der Waals surface area contributed by atoms with Gasteiger partial charge in [-0.1, -0.05) is 17.3 Å². The number of nitrogens with zero attached hydrogens (tertiary/aromatic N) is 5. The molecule has 3 aromatic rings. The maximum atomic E-state index is 13.7. The smallest absolute Gasteiger partial charge is 0.270 e. The van der Waals surface area contributed by atoms with Gasteiger partial charge in [0.1, 0.15) is 16.0 Å². The third kappa shape index (κ3) is 4.40. The van der Waals surface area contributed by atoms with Gasteiger partial charge in [-0.2, -0.15) is 10.2 Å². The first-order chi connectivity index (χ1) is 18.5. The van der Waals surface area contributed by atoms with Crippen LogP contribution in [0.1, 0.15) is 64.6 Å². The molecule has 0 bridgehead atoms. The van der Waals surface area contributed by atoms with E-state index < -0.39 is 36.7 Å². The average molecular weight is 551 g/mol. The summed E-state index contributed by atoms with van der Waals surface area (Å²) < 4.78 is 31.0. The Labute approximate surface area is 224 Å². The molecule has 1 aromatic carbocycles. The molecular formula is C26H26N6O6S. The van der Waals surface area contributed by atoms with E-state index in [1.165, 1.54) is 35.4 Å². The molecule has 202 valence electrons. The molecule has 1 N–H and O–H groups in total. The summed E-state index contributed by atoms with van der Waals surface area (Å²) in [5, 5.41) is 15.1. The fourth-order valence-electron chi connectivity index (χ4n) is 4.86. The first-order valence-corrected chi connectivity index (χ1v) is 13.8. The normalized spacial score (nSPS) is 16.3. The molecule has 2 aromatic heterocycles. The fraction of sp³-hybridized carbons (Fsp3) is 0.385. The van der Waals surface area contributed by atoms with Gasteiger partial charge < -0.3 is 19.3 Å². The van der Waals surface area contributed by atoms with Crippen molar-refractivity contribution in [2.24, 2.45) is 0 Å². The van der Waals surface area contributed by atoms with Crippen LogP contribution in [0.25, 0.3) is 0 Å². The van der Waals surface area contributed by atoms with Crippen LogP contribution in [0.3, 0.4) is 0 Å². The van der Waals surface area contributed by atoms with E-state index in [1.807, 2.05) is 6.07 Å². The number of sulfone groups is 1. The summed E-state index contributed by atoms with van der Waals surface area (Å²) >= 11 is 0. The second-order valence-electron chi connectivity index (χ2n) is 10.3. The number of carbonyl (C=O) groups excluding carboxylic acids is 2. The Balaban J connectivity index is 1.31. The van der Waals surface area contributed by atoms with Gasteiger partial charge in [0, 0.05) is 26.2 Å². The van der Waals surface area contributed by atoms with Crippen molar-refractivity contribution in [1.82, 2.24) is 24.9 Å². The van der Waals surface area contributed by atoms with E-state index >= 15 is 0 Å². The molecule has 0 atom stereocenters. The van der Waals surface area contributed by atoms with Gasteiger partial charge in [-0.3, -0.25) is 14.4 Å². The first-order valence-electron chi connectivity index (χ1n) is 12.3. The molecule has 2 amide bonds. The van der Waals surface area contributed by atoms with Crippen molar-refractivity contribution in [2.45, 2.75) is 49.3 Å². The summed E-state index contributed by atoms with van der Waals surface area (Å²) in [7, 11) is -3.84. The minimum atomic E-state index is -3.84. The summed E-state index contributed by atoms with van der Waals surface area (Å²) in [5.74, 6) is -1.07. The van der Waals surface area contributed by atoms with E-state index in [2.05, 4.69) is 15.5 Å². The SMILES string of the molecule is CC(C)(c1ncno1)S(=O)(=O)C1(CN2CCn3c(ccc(C(=O)NCc4ccc(C#N)cc4)c3=O)C2=O)CC1. The quantitative estimate of drug-likeness (QED) is 0.435. The second-order valence-corrected chi connectivity index (χ2v) is 13.1. The number of pyridine rings is 1. The zero-order valence-corrected chi connectivity index (χ0v) is 22.2. The highest BCUT2D eigenvalue weighted by molar-refractivity contribution is 7.94. The van der Waals surface area contributed by atoms with E-state index in [4.69, 9.17) is 9.78 Å². The summed E-state index contributed by atoms with van der Waals surface area (Å²) in [6, 6.07) is 11.4. The third-order valence-electron chi connectivity index (χ3n) is 7.46. The monoisotopic (exact) mass is 550 g/mol. The number of carbonyl (C=O) groups is 2. The first kappa shape index (κ1) is 26.3. The van der Waals surface area contributed by atoms with E-state index in [0.717, 1.165) is 11.9 Å². The van der Waals surface area contributed by atoms with Crippen LogP contribution in [0.15, 0.2) is 52.0 Å². The number of hydrogen-bond donors (Lipinski definition) is 1. The van der Waals surface area contributed by atoms with Gasteiger partial charge in [0.25, 0.3) is 17.4 Å². The molecule has 39 heavy (non-hydrogen) atoms. The van der Waals surface area contributed by atoms with Gasteiger partial charge in [-0.15, -0.1) is 0 Å². The Morgan fingerprint density at radius 3 is 2.49 bits per heavy atom. The average Bonchev–Trinajstić information content (AvgIpc) is 3.50. The summed E-state index contributed by atoms with van der Waals surface area (Å²) in [6.45, 7) is 3.41. The molecule has 0 radical (unpaired) electrons. The predicted molar refractivity (Wildman–Crippen MR) is 137 cm³/mol. The molecule has 0 saturated heterocycles. The highest BCUT2D eigenvalue weighted by Gasteiger charge is 2.62. The molecule has 12 nitrogen and oxygen atoms in total. The van der Waals surface area contributed by atoms with Gasteiger partial charge >= 0.3 is 0 Å². The van der Waals surface area contributed by atoms with Crippen LogP contribution in [0.2, 0.25) is 0 Å². The van der Waals surface area contributed by atoms with E-state index in [-0.39, 0.29) is 43.3 Å². The number of amides is 2. The van der Waals surface area contributed by atoms with E-state index in [0.29, 0.717) is 18.4 Å². The number of fused-ring (bicyclic) bond motifs is 1. The van der Waals surface area contributed by atoms with Crippen LogP contribution in [0.5, 0.6) is 0 Å². The highest BCUT2D eigenvalue weighted by Crippen LogP contribution is 2.51. The molecule has 0 unspecified atom stereocenters. The minimum Gasteiger partial charge on any atom is -0.348 e. The zero-order chi connectivity index (χ0) is 28.0. The van der Waals surface area contributed by atoms with Crippen LogP contribution in [-0.4, -0.2) is 57.7 Å². The van der Waals surface area contributed by atoms with Gasteiger partial charge in [-0.25, -0.2) is 8.42 Å². The lowest BCUT2D eigenvalue weighted by molar-refractivity contribution is 0.0694. The topological polar surface area (TPSA) is 168 Å². The van der Waals surface area contributed by atoms with Crippen LogP contribution >= 0.6 is 0 Å². The molecule has 2 aliphatic rings. The van der Waals surface area contributed by atoms with Crippen molar-refractivity contribution in [1.29, 1.82) is 5.26 Å². The number of nitrogens with one attached hydrogen (secondary N) is 1. The molecular weight excluding hydrogens is 524 g/mol. The maximum Gasteiger partial charge on any atom is 0.270 e. The van der Waals surface area contributed by atoms with Crippen molar-refractivity contribution in [3.63, 3.8) is 0 Å². The summed E-state index contributed by atoms with van der Waals surface area (Å²) in [4.78, 5) is 44.6.